The first-order valence-electron chi connectivity index (χ1n) is 12.3. The van der Waals surface area contributed by atoms with Crippen molar-refractivity contribution >= 4 is 10.1 Å². The van der Waals surface area contributed by atoms with Crippen LogP contribution < -0.4 is 0 Å². The van der Waals surface area contributed by atoms with Crippen LogP contribution >= 0.6 is 0 Å². The molecule has 4 heteroatoms. The number of hydrogen-bond donors (Lipinski definition) is 1. The maximum atomic E-state index is 11.9. The number of hydrogen-bond acceptors (Lipinski definition) is 2. The molecule has 2 rings (SSSR count). The molecule has 0 bridgehead atoms. The van der Waals surface area contributed by atoms with Crippen LogP contribution in [0.2, 0.25) is 0 Å². The van der Waals surface area contributed by atoms with Crippen molar-refractivity contribution in [3.8, 4) is 0 Å². The quantitative estimate of drug-likeness (QED) is 0.319. The van der Waals surface area contributed by atoms with E-state index in [-0.39, 0.29) is 4.90 Å². The Morgan fingerprint density at radius 3 is 2.00 bits per heavy atom. The second kappa shape index (κ2) is 12.6. The zero-order valence-electron chi connectivity index (χ0n) is 20.7. The highest BCUT2D eigenvalue weighted by Gasteiger charge is 2.18. The summed E-state index contributed by atoms with van der Waals surface area (Å²) >= 11 is 0. The van der Waals surface area contributed by atoms with E-state index in [0.29, 0.717) is 18.3 Å². The van der Waals surface area contributed by atoms with Gasteiger partial charge in [-0.3, -0.25) is 4.55 Å². The van der Waals surface area contributed by atoms with Crippen molar-refractivity contribution < 1.29 is 13.0 Å². The molecular formula is C28H42O3S. The van der Waals surface area contributed by atoms with Crippen molar-refractivity contribution in [1.82, 2.24) is 0 Å². The Bertz CT molecular complexity index is 943. The molecule has 0 saturated heterocycles. The van der Waals surface area contributed by atoms with Gasteiger partial charge in [-0.25, -0.2) is 0 Å². The molecule has 2 aromatic rings. The van der Waals surface area contributed by atoms with Gasteiger partial charge in [-0.05, 0) is 91.2 Å². The molecule has 0 aliphatic rings. The SMILES string of the molecule is CCCc1cc(C)c(CCCC(CCC)Cc2ccc(CC(C)C)cc2)cc1S(=O)(=O)O. The van der Waals surface area contributed by atoms with Crippen LogP contribution in [0.1, 0.15) is 87.6 Å². The third kappa shape index (κ3) is 8.37. The normalized spacial score (nSPS) is 13.0. The summed E-state index contributed by atoms with van der Waals surface area (Å²) in [4.78, 5) is 0.0894. The summed E-state index contributed by atoms with van der Waals surface area (Å²) in [5, 5.41) is 0. The van der Waals surface area contributed by atoms with E-state index in [4.69, 9.17) is 0 Å². The number of benzene rings is 2. The monoisotopic (exact) mass is 458 g/mol. The molecule has 0 aromatic heterocycles. The minimum Gasteiger partial charge on any atom is -0.282 e. The predicted molar refractivity (Wildman–Crippen MR) is 135 cm³/mol. The van der Waals surface area contributed by atoms with Gasteiger partial charge in [0.25, 0.3) is 10.1 Å². The lowest BCUT2D eigenvalue weighted by molar-refractivity contribution is 0.429. The van der Waals surface area contributed by atoms with Crippen LogP contribution in [0, 0.1) is 18.8 Å². The smallest absolute Gasteiger partial charge is 0.282 e. The molecule has 1 N–H and O–H groups in total. The fourth-order valence-corrected chi connectivity index (χ4v) is 5.50. The molecule has 0 aliphatic heterocycles. The summed E-state index contributed by atoms with van der Waals surface area (Å²) in [6, 6.07) is 12.8. The van der Waals surface area contributed by atoms with E-state index in [1.54, 1.807) is 6.07 Å². The lowest BCUT2D eigenvalue weighted by atomic mass is 9.88. The van der Waals surface area contributed by atoms with Gasteiger partial charge in [0.05, 0.1) is 4.90 Å². The molecule has 1 atom stereocenters. The number of rotatable bonds is 13. The van der Waals surface area contributed by atoms with Crippen LogP contribution in [0.25, 0.3) is 0 Å². The topological polar surface area (TPSA) is 54.4 Å². The molecule has 178 valence electrons. The van der Waals surface area contributed by atoms with Crippen LogP contribution in [0.4, 0.5) is 0 Å². The first-order chi connectivity index (χ1) is 15.1. The Morgan fingerprint density at radius 1 is 0.844 bits per heavy atom. The minimum absolute atomic E-state index is 0.0894. The standard InChI is InChI=1S/C28H42O3S/c1-6-9-23(19-25-15-13-24(14-16-25)17-21(3)4)11-8-12-26-20-28(32(29,30)31)27(10-7-2)18-22(26)5/h13-16,18,20-21,23H,6-12,17,19H2,1-5H3,(H,29,30,31). The molecule has 0 spiro atoms. The highest BCUT2D eigenvalue weighted by Crippen LogP contribution is 2.26. The first kappa shape index (κ1) is 26.6. The average Bonchev–Trinajstić information content (AvgIpc) is 2.70. The molecule has 0 heterocycles. The molecular weight excluding hydrogens is 416 g/mol. The highest BCUT2D eigenvalue weighted by atomic mass is 32.2. The van der Waals surface area contributed by atoms with Gasteiger partial charge in [0, 0.05) is 0 Å². The summed E-state index contributed by atoms with van der Waals surface area (Å²) < 4.78 is 33.5. The van der Waals surface area contributed by atoms with E-state index in [1.807, 2.05) is 19.9 Å². The van der Waals surface area contributed by atoms with Crippen molar-refractivity contribution in [3.63, 3.8) is 0 Å². The van der Waals surface area contributed by atoms with Crippen LogP contribution in [0.3, 0.4) is 0 Å². The van der Waals surface area contributed by atoms with Gasteiger partial charge in [-0.2, -0.15) is 8.42 Å². The fraction of sp³-hybridized carbons (Fsp3) is 0.571. The highest BCUT2D eigenvalue weighted by molar-refractivity contribution is 7.85. The summed E-state index contributed by atoms with van der Waals surface area (Å²) in [6.45, 7) is 10.8. The summed E-state index contributed by atoms with van der Waals surface area (Å²) in [6.07, 6.45) is 9.10. The van der Waals surface area contributed by atoms with Gasteiger partial charge < -0.3 is 0 Å². The van der Waals surface area contributed by atoms with E-state index < -0.39 is 10.1 Å². The molecule has 0 aliphatic carbocycles. The van der Waals surface area contributed by atoms with Crippen molar-refractivity contribution in [2.75, 3.05) is 0 Å². The van der Waals surface area contributed by atoms with Gasteiger partial charge in [-0.15, -0.1) is 0 Å². The molecule has 3 nitrogen and oxygen atoms in total. The van der Waals surface area contributed by atoms with Crippen LogP contribution in [-0.2, 0) is 35.8 Å². The summed E-state index contributed by atoms with van der Waals surface area (Å²) in [7, 11) is -4.20. The molecule has 0 amide bonds. The fourth-order valence-electron chi connectivity index (χ4n) is 4.72. The lowest BCUT2D eigenvalue weighted by Gasteiger charge is -2.18. The van der Waals surface area contributed by atoms with Crippen molar-refractivity contribution in [1.29, 1.82) is 0 Å². The van der Waals surface area contributed by atoms with E-state index in [2.05, 4.69) is 45.0 Å². The van der Waals surface area contributed by atoms with Gasteiger partial charge in [0.1, 0.15) is 0 Å². The third-order valence-electron chi connectivity index (χ3n) is 6.26. The van der Waals surface area contributed by atoms with Crippen LogP contribution in [0.5, 0.6) is 0 Å². The second-order valence-electron chi connectivity index (χ2n) is 9.78. The van der Waals surface area contributed by atoms with Gasteiger partial charge >= 0.3 is 0 Å². The molecule has 0 fully saturated rings. The number of aryl methyl sites for hydroxylation is 3. The molecule has 2 aromatic carbocycles. The maximum Gasteiger partial charge on any atom is 0.294 e. The Morgan fingerprint density at radius 2 is 1.47 bits per heavy atom. The van der Waals surface area contributed by atoms with E-state index in [0.717, 1.165) is 55.2 Å². The minimum atomic E-state index is -4.20. The maximum absolute atomic E-state index is 11.9. The average molecular weight is 459 g/mol. The second-order valence-corrected chi connectivity index (χ2v) is 11.2. The Hall–Kier alpha value is -1.65. The lowest BCUT2D eigenvalue weighted by Crippen LogP contribution is -2.08. The Labute approximate surface area is 196 Å². The zero-order chi connectivity index (χ0) is 23.7. The van der Waals surface area contributed by atoms with E-state index >= 15 is 0 Å². The molecule has 32 heavy (non-hydrogen) atoms. The summed E-state index contributed by atoms with van der Waals surface area (Å²) in [5.41, 5.74) is 5.69. The van der Waals surface area contributed by atoms with Gasteiger partial charge in [0.2, 0.25) is 0 Å². The van der Waals surface area contributed by atoms with Crippen molar-refractivity contribution in [3.05, 3.63) is 64.2 Å². The zero-order valence-corrected chi connectivity index (χ0v) is 21.5. The Kier molecular flexibility index (Phi) is 10.4. The summed E-state index contributed by atoms with van der Waals surface area (Å²) in [5.74, 6) is 1.31. The van der Waals surface area contributed by atoms with E-state index in [9.17, 15) is 13.0 Å². The molecule has 0 saturated carbocycles. The van der Waals surface area contributed by atoms with Gasteiger partial charge in [0.15, 0.2) is 0 Å². The first-order valence-corrected chi connectivity index (χ1v) is 13.8. The van der Waals surface area contributed by atoms with Crippen LogP contribution in [0.15, 0.2) is 41.3 Å². The Balaban J connectivity index is 2.04. The van der Waals surface area contributed by atoms with Gasteiger partial charge in [-0.1, -0.05) is 77.3 Å². The predicted octanol–water partition coefficient (Wildman–Crippen LogP) is 7.37. The molecule has 0 radical (unpaired) electrons. The van der Waals surface area contributed by atoms with E-state index in [1.165, 1.54) is 24.0 Å². The van der Waals surface area contributed by atoms with Crippen LogP contribution in [-0.4, -0.2) is 13.0 Å². The molecule has 1 unspecified atom stereocenters. The van der Waals surface area contributed by atoms with Crippen molar-refractivity contribution in [2.24, 2.45) is 11.8 Å². The largest absolute Gasteiger partial charge is 0.294 e. The third-order valence-corrected chi connectivity index (χ3v) is 7.20. The van der Waals surface area contributed by atoms with Crippen molar-refractivity contribution in [2.45, 2.75) is 97.3 Å².